The highest BCUT2D eigenvalue weighted by Gasteiger charge is 2.10. The van der Waals surface area contributed by atoms with Crippen molar-refractivity contribution < 1.29 is 9.90 Å². The zero-order valence-electron chi connectivity index (χ0n) is 11.1. The molecule has 1 heterocycles. The van der Waals surface area contributed by atoms with E-state index >= 15 is 0 Å². The van der Waals surface area contributed by atoms with E-state index in [9.17, 15) is 4.79 Å². The summed E-state index contributed by atoms with van der Waals surface area (Å²) in [5.41, 5.74) is 2.75. The fourth-order valence-corrected chi connectivity index (χ4v) is 2.63. The van der Waals surface area contributed by atoms with E-state index in [2.05, 4.69) is 17.2 Å². The van der Waals surface area contributed by atoms with Crippen molar-refractivity contribution in [3.63, 3.8) is 0 Å². The second-order valence-electron chi connectivity index (χ2n) is 4.23. The Morgan fingerprint density at radius 3 is 2.85 bits per heavy atom. The van der Waals surface area contributed by atoms with Crippen LogP contribution in [0.5, 0.6) is 0 Å². The second kappa shape index (κ2) is 6.90. The number of aliphatic hydroxyl groups excluding tert-OH is 1. The van der Waals surface area contributed by atoms with Gasteiger partial charge in [-0.05, 0) is 35.6 Å². The number of thiophene rings is 1. The minimum atomic E-state index is -0.172. The van der Waals surface area contributed by atoms with Crippen molar-refractivity contribution >= 4 is 17.2 Å². The molecule has 20 heavy (non-hydrogen) atoms. The van der Waals surface area contributed by atoms with Crippen LogP contribution in [0, 0.1) is 18.8 Å². The van der Waals surface area contributed by atoms with E-state index in [1.165, 1.54) is 11.3 Å². The Bertz CT molecular complexity index is 664. The van der Waals surface area contributed by atoms with Crippen LogP contribution in [0.15, 0.2) is 35.7 Å². The van der Waals surface area contributed by atoms with Gasteiger partial charge in [-0.2, -0.15) is 0 Å². The predicted octanol–water partition coefficient (Wildman–Crippen LogP) is 2.33. The summed E-state index contributed by atoms with van der Waals surface area (Å²) in [4.78, 5) is 12.8. The minimum Gasteiger partial charge on any atom is -0.384 e. The number of hydrogen-bond donors (Lipinski definition) is 2. The first-order chi connectivity index (χ1) is 9.72. The van der Waals surface area contributed by atoms with Gasteiger partial charge >= 0.3 is 0 Å². The molecule has 3 nitrogen and oxygen atoms in total. The van der Waals surface area contributed by atoms with Gasteiger partial charge in [0.1, 0.15) is 6.61 Å². The van der Waals surface area contributed by atoms with Crippen LogP contribution in [0.25, 0.3) is 0 Å². The van der Waals surface area contributed by atoms with Gasteiger partial charge in [0.2, 0.25) is 0 Å². The van der Waals surface area contributed by atoms with Crippen molar-refractivity contribution in [1.29, 1.82) is 0 Å². The first-order valence-corrected chi connectivity index (χ1v) is 7.10. The van der Waals surface area contributed by atoms with Crippen molar-refractivity contribution in [2.45, 2.75) is 13.5 Å². The second-order valence-corrected chi connectivity index (χ2v) is 5.15. The van der Waals surface area contributed by atoms with E-state index in [4.69, 9.17) is 5.11 Å². The predicted molar refractivity (Wildman–Crippen MR) is 80.6 cm³/mol. The lowest BCUT2D eigenvalue weighted by Crippen LogP contribution is -2.22. The highest BCUT2D eigenvalue weighted by molar-refractivity contribution is 7.12. The maximum absolute atomic E-state index is 12.0. The number of carbonyl (C=O) groups is 1. The van der Waals surface area contributed by atoms with E-state index in [0.29, 0.717) is 6.54 Å². The lowest BCUT2D eigenvalue weighted by molar-refractivity contribution is 0.0954. The summed E-state index contributed by atoms with van der Waals surface area (Å²) >= 11 is 1.44. The zero-order chi connectivity index (χ0) is 14.4. The lowest BCUT2D eigenvalue weighted by atomic mass is 10.1. The number of carbonyl (C=O) groups excluding carboxylic acids is 1. The Hall–Kier alpha value is -2.09. The van der Waals surface area contributed by atoms with Gasteiger partial charge in [-0.1, -0.05) is 30.0 Å². The summed E-state index contributed by atoms with van der Waals surface area (Å²) in [5, 5.41) is 13.6. The molecule has 0 unspecified atom stereocenters. The van der Waals surface area contributed by atoms with Crippen LogP contribution in [0.4, 0.5) is 0 Å². The lowest BCUT2D eigenvalue weighted by Gasteiger charge is -2.07. The molecule has 2 rings (SSSR count). The number of aliphatic hydroxyl groups is 1. The summed E-state index contributed by atoms with van der Waals surface area (Å²) in [6.45, 7) is 2.17. The number of hydrogen-bond acceptors (Lipinski definition) is 3. The molecule has 1 aromatic heterocycles. The molecule has 0 saturated heterocycles. The van der Waals surface area contributed by atoms with Gasteiger partial charge in [0.25, 0.3) is 5.91 Å². The molecule has 0 spiro atoms. The molecule has 0 aliphatic heterocycles. The fraction of sp³-hybridized carbons (Fsp3) is 0.188. The fourth-order valence-electron chi connectivity index (χ4n) is 1.79. The molecule has 0 radical (unpaired) electrons. The third-order valence-corrected chi connectivity index (χ3v) is 3.84. The molecule has 1 amide bonds. The Morgan fingerprint density at radius 2 is 2.15 bits per heavy atom. The average Bonchev–Trinajstić information content (AvgIpc) is 2.89. The van der Waals surface area contributed by atoms with Gasteiger partial charge < -0.3 is 10.4 Å². The van der Waals surface area contributed by atoms with E-state index in [0.717, 1.165) is 21.6 Å². The Balaban J connectivity index is 2.08. The average molecular weight is 285 g/mol. The van der Waals surface area contributed by atoms with Crippen molar-refractivity contribution in [1.82, 2.24) is 5.32 Å². The molecule has 0 saturated carbocycles. The highest BCUT2D eigenvalue weighted by atomic mass is 32.1. The molecule has 2 N–H and O–H groups in total. The number of rotatable bonds is 3. The van der Waals surface area contributed by atoms with Gasteiger partial charge in [-0.15, -0.1) is 11.3 Å². The summed E-state index contributed by atoms with van der Waals surface area (Å²) in [5.74, 6) is 5.44. The molecule has 1 aromatic carbocycles. The van der Waals surface area contributed by atoms with Crippen LogP contribution in [-0.2, 0) is 6.54 Å². The molecule has 2 aromatic rings. The van der Waals surface area contributed by atoms with Crippen LogP contribution >= 0.6 is 11.3 Å². The Labute approximate surface area is 122 Å². The zero-order valence-corrected chi connectivity index (χ0v) is 12.0. The van der Waals surface area contributed by atoms with Gasteiger partial charge in [0.15, 0.2) is 0 Å². The molecule has 4 heteroatoms. The minimum absolute atomic E-state index is 0.0672. The normalized spacial score (nSPS) is 9.70. The topological polar surface area (TPSA) is 49.3 Å². The van der Waals surface area contributed by atoms with Crippen LogP contribution in [0.2, 0.25) is 0 Å². The first kappa shape index (κ1) is 14.3. The van der Waals surface area contributed by atoms with E-state index in [-0.39, 0.29) is 12.5 Å². The summed E-state index contributed by atoms with van der Waals surface area (Å²) in [6.07, 6.45) is 0. The van der Waals surface area contributed by atoms with Gasteiger partial charge in [0, 0.05) is 12.1 Å². The largest absolute Gasteiger partial charge is 0.384 e. The Kier molecular flexibility index (Phi) is 4.94. The van der Waals surface area contributed by atoms with Crippen molar-refractivity contribution in [3.05, 3.63) is 57.3 Å². The van der Waals surface area contributed by atoms with Crippen molar-refractivity contribution in [2.24, 2.45) is 0 Å². The number of nitrogens with one attached hydrogen (secondary N) is 1. The number of benzene rings is 1. The van der Waals surface area contributed by atoms with E-state index in [1.807, 2.05) is 42.6 Å². The van der Waals surface area contributed by atoms with E-state index < -0.39 is 0 Å². The molecular weight excluding hydrogens is 270 g/mol. The smallest absolute Gasteiger partial charge is 0.261 e. The third kappa shape index (κ3) is 3.47. The third-order valence-electron chi connectivity index (χ3n) is 2.83. The number of aryl methyl sites for hydroxylation is 1. The van der Waals surface area contributed by atoms with E-state index in [1.54, 1.807) is 0 Å². The number of amides is 1. The van der Waals surface area contributed by atoms with Crippen LogP contribution in [0.3, 0.4) is 0 Å². The van der Waals surface area contributed by atoms with Crippen molar-refractivity contribution in [2.75, 3.05) is 6.61 Å². The monoisotopic (exact) mass is 285 g/mol. The SMILES string of the molecule is Cc1ccsc1C(=O)NCc1ccccc1C#CCO. The van der Waals surface area contributed by atoms with Gasteiger partial charge in [-0.25, -0.2) is 0 Å². The highest BCUT2D eigenvalue weighted by Crippen LogP contribution is 2.15. The van der Waals surface area contributed by atoms with Crippen LogP contribution in [0.1, 0.15) is 26.4 Å². The molecule has 102 valence electrons. The molecular formula is C16H15NO2S. The molecule has 0 fully saturated rings. The summed E-state index contributed by atoms with van der Waals surface area (Å²) < 4.78 is 0. The maximum atomic E-state index is 12.0. The summed E-state index contributed by atoms with van der Waals surface area (Å²) in [6, 6.07) is 9.52. The molecule has 0 aliphatic carbocycles. The quantitative estimate of drug-likeness (QED) is 0.850. The van der Waals surface area contributed by atoms with Crippen molar-refractivity contribution in [3.8, 4) is 11.8 Å². The molecule has 0 aliphatic rings. The summed E-state index contributed by atoms with van der Waals surface area (Å²) in [7, 11) is 0. The standard InChI is InChI=1S/C16H15NO2S/c1-12-8-10-20-15(12)16(19)17-11-14-6-3-2-5-13(14)7-4-9-18/h2-3,5-6,8,10,18H,9,11H2,1H3,(H,17,19). The van der Waals surface area contributed by atoms with Crippen LogP contribution in [-0.4, -0.2) is 17.6 Å². The van der Waals surface area contributed by atoms with Gasteiger partial charge in [0.05, 0.1) is 4.88 Å². The molecule has 0 atom stereocenters. The Morgan fingerprint density at radius 1 is 1.35 bits per heavy atom. The first-order valence-electron chi connectivity index (χ1n) is 6.22. The van der Waals surface area contributed by atoms with Crippen LogP contribution < -0.4 is 5.32 Å². The maximum Gasteiger partial charge on any atom is 0.261 e. The van der Waals surface area contributed by atoms with Gasteiger partial charge in [-0.3, -0.25) is 4.79 Å². The molecule has 0 bridgehead atoms.